The molecule has 0 saturated heterocycles. The Balaban J connectivity index is 2.88. The van der Waals surface area contributed by atoms with E-state index in [2.05, 4.69) is 4.98 Å². The number of phenolic OH excluding ortho intramolecular Hbond substituents is 1. The minimum absolute atomic E-state index is 0.356. The highest BCUT2D eigenvalue weighted by molar-refractivity contribution is 5.87. The lowest BCUT2D eigenvalue weighted by atomic mass is 10.1. The molecule has 2 N–H and O–H groups in total. The molecule has 0 radical (unpaired) electrons. The molecule has 0 bridgehead atoms. The van der Waals surface area contributed by atoms with Crippen molar-refractivity contribution in [3.63, 3.8) is 0 Å². The van der Waals surface area contributed by atoms with E-state index in [9.17, 15) is 5.11 Å². The number of phenols is 1. The minimum Gasteiger partial charge on any atom is -0.507 e. The molecule has 2 nitrogen and oxygen atoms in total. The maximum absolute atomic E-state index is 9.55. The molecular weight excluding hydrogens is 150 g/mol. The number of fused-ring (bicyclic) bond motifs is 1. The third-order valence-corrected chi connectivity index (χ3v) is 2.00. The van der Waals surface area contributed by atoms with Crippen molar-refractivity contribution >= 4 is 10.9 Å². The first kappa shape index (κ1) is 7.22. The van der Waals surface area contributed by atoms with E-state index in [-0.39, 0.29) is 0 Å². The SMILES string of the molecule is Cc1cc(O)c2cc(C)[nH]c2c1. The van der Waals surface area contributed by atoms with Crippen molar-refractivity contribution in [3.05, 3.63) is 29.5 Å². The number of aryl methyl sites for hydroxylation is 2. The predicted molar refractivity (Wildman–Crippen MR) is 49.4 cm³/mol. The molecule has 0 saturated carbocycles. The third-order valence-electron chi connectivity index (χ3n) is 2.00. The molecule has 0 amide bonds. The average Bonchev–Trinajstić information content (AvgIpc) is 2.29. The van der Waals surface area contributed by atoms with Crippen molar-refractivity contribution in [3.8, 4) is 5.75 Å². The van der Waals surface area contributed by atoms with Gasteiger partial charge in [0, 0.05) is 16.6 Å². The van der Waals surface area contributed by atoms with Crippen LogP contribution in [0.1, 0.15) is 11.3 Å². The van der Waals surface area contributed by atoms with Crippen LogP contribution < -0.4 is 0 Å². The van der Waals surface area contributed by atoms with Crippen LogP contribution in [0.25, 0.3) is 10.9 Å². The summed E-state index contributed by atoms with van der Waals surface area (Å²) in [5, 5.41) is 10.4. The smallest absolute Gasteiger partial charge is 0.125 e. The summed E-state index contributed by atoms with van der Waals surface area (Å²) in [6.07, 6.45) is 0. The zero-order valence-electron chi connectivity index (χ0n) is 7.18. The number of aromatic nitrogens is 1. The van der Waals surface area contributed by atoms with Gasteiger partial charge in [-0.25, -0.2) is 0 Å². The fourth-order valence-corrected chi connectivity index (χ4v) is 1.50. The molecule has 62 valence electrons. The van der Waals surface area contributed by atoms with Crippen LogP contribution in [0.15, 0.2) is 18.2 Å². The first-order valence-corrected chi connectivity index (χ1v) is 3.96. The van der Waals surface area contributed by atoms with Crippen molar-refractivity contribution in [1.29, 1.82) is 0 Å². The second kappa shape index (κ2) is 2.27. The number of aromatic amines is 1. The number of benzene rings is 1. The molecule has 1 heterocycles. The van der Waals surface area contributed by atoms with Crippen molar-refractivity contribution in [2.75, 3.05) is 0 Å². The number of H-pyrrole nitrogens is 1. The van der Waals surface area contributed by atoms with Crippen LogP contribution in [0.2, 0.25) is 0 Å². The van der Waals surface area contributed by atoms with Gasteiger partial charge in [-0.2, -0.15) is 0 Å². The highest BCUT2D eigenvalue weighted by atomic mass is 16.3. The van der Waals surface area contributed by atoms with Crippen LogP contribution in [-0.4, -0.2) is 10.1 Å². The molecule has 2 heteroatoms. The maximum atomic E-state index is 9.55. The van der Waals surface area contributed by atoms with E-state index in [0.29, 0.717) is 5.75 Å². The molecular formula is C10H11NO. The first-order chi connectivity index (χ1) is 5.66. The maximum Gasteiger partial charge on any atom is 0.125 e. The summed E-state index contributed by atoms with van der Waals surface area (Å²) < 4.78 is 0. The zero-order valence-corrected chi connectivity index (χ0v) is 7.18. The van der Waals surface area contributed by atoms with Crippen LogP contribution in [0, 0.1) is 13.8 Å². The van der Waals surface area contributed by atoms with Gasteiger partial charge >= 0.3 is 0 Å². The van der Waals surface area contributed by atoms with Gasteiger partial charge < -0.3 is 10.1 Å². The Bertz CT molecular complexity index is 429. The van der Waals surface area contributed by atoms with Gasteiger partial charge in [0.2, 0.25) is 0 Å². The molecule has 0 unspecified atom stereocenters. The van der Waals surface area contributed by atoms with Crippen molar-refractivity contribution in [2.24, 2.45) is 0 Å². The van der Waals surface area contributed by atoms with Crippen LogP contribution in [0.5, 0.6) is 5.75 Å². The highest BCUT2D eigenvalue weighted by Gasteiger charge is 2.02. The van der Waals surface area contributed by atoms with Crippen LogP contribution in [0.3, 0.4) is 0 Å². The van der Waals surface area contributed by atoms with E-state index >= 15 is 0 Å². The summed E-state index contributed by atoms with van der Waals surface area (Å²) in [6.45, 7) is 3.95. The lowest BCUT2D eigenvalue weighted by Crippen LogP contribution is -1.73. The number of rotatable bonds is 0. The van der Waals surface area contributed by atoms with Crippen LogP contribution in [0.4, 0.5) is 0 Å². The van der Waals surface area contributed by atoms with Crippen LogP contribution in [-0.2, 0) is 0 Å². The third kappa shape index (κ3) is 0.961. The Labute approximate surface area is 70.8 Å². The van der Waals surface area contributed by atoms with Gasteiger partial charge in [0.1, 0.15) is 5.75 Å². The summed E-state index contributed by atoms with van der Waals surface area (Å²) in [4.78, 5) is 3.18. The molecule has 2 rings (SSSR count). The van der Waals surface area contributed by atoms with Crippen molar-refractivity contribution in [1.82, 2.24) is 4.98 Å². The normalized spacial score (nSPS) is 10.8. The average molecular weight is 161 g/mol. The summed E-state index contributed by atoms with van der Waals surface area (Å²) in [5.41, 5.74) is 3.15. The van der Waals surface area contributed by atoms with Gasteiger partial charge in [0.25, 0.3) is 0 Å². The quantitative estimate of drug-likeness (QED) is 0.611. The highest BCUT2D eigenvalue weighted by Crippen LogP contribution is 2.26. The van der Waals surface area contributed by atoms with E-state index in [4.69, 9.17) is 0 Å². The predicted octanol–water partition coefficient (Wildman–Crippen LogP) is 2.49. The standard InChI is InChI=1S/C10H11NO/c1-6-3-9-8(10(12)4-6)5-7(2)11-9/h3-5,11-12H,1-2H3. The molecule has 0 aliphatic heterocycles. The number of aromatic hydroxyl groups is 1. The Kier molecular flexibility index (Phi) is 1.37. The Morgan fingerprint density at radius 1 is 1.17 bits per heavy atom. The van der Waals surface area contributed by atoms with E-state index in [1.807, 2.05) is 26.0 Å². The Morgan fingerprint density at radius 2 is 1.92 bits per heavy atom. The summed E-state index contributed by atoms with van der Waals surface area (Å²) in [7, 11) is 0. The number of hydrogen-bond donors (Lipinski definition) is 2. The van der Waals surface area contributed by atoms with E-state index < -0.39 is 0 Å². The number of nitrogens with one attached hydrogen (secondary N) is 1. The molecule has 0 atom stereocenters. The van der Waals surface area contributed by atoms with Gasteiger partial charge in [-0.1, -0.05) is 0 Å². The lowest BCUT2D eigenvalue weighted by Gasteiger charge is -1.96. The van der Waals surface area contributed by atoms with Crippen LogP contribution >= 0.6 is 0 Å². The van der Waals surface area contributed by atoms with Crippen molar-refractivity contribution < 1.29 is 5.11 Å². The fraction of sp³-hybridized carbons (Fsp3) is 0.200. The van der Waals surface area contributed by atoms with E-state index in [1.165, 1.54) is 0 Å². The zero-order chi connectivity index (χ0) is 8.72. The molecule has 2 aromatic rings. The van der Waals surface area contributed by atoms with Crippen molar-refractivity contribution in [2.45, 2.75) is 13.8 Å². The number of hydrogen-bond acceptors (Lipinski definition) is 1. The molecule has 1 aromatic heterocycles. The monoisotopic (exact) mass is 161 g/mol. The Hall–Kier alpha value is -1.44. The Morgan fingerprint density at radius 3 is 2.67 bits per heavy atom. The van der Waals surface area contributed by atoms with E-state index in [0.717, 1.165) is 22.2 Å². The molecule has 12 heavy (non-hydrogen) atoms. The second-order valence-corrected chi connectivity index (χ2v) is 3.20. The fourth-order valence-electron chi connectivity index (χ4n) is 1.50. The summed E-state index contributed by atoms with van der Waals surface area (Å²) in [5.74, 6) is 0.356. The lowest BCUT2D eigenvalue weighted by molar-refractivity contribution is 0.481. The van der Waals surface area contributed by atoms with E-state index in [1.54, 1.807) is 6.07 Å². The molecule has 0 aliphatic carbocycles. The van der Waals surface area contributed by atoms with Gasteiger partial charge in [-0.05, 0) is 37.6 Å². The summed E-state index contributed by atoms with van der Waals surface area (Å²) >= 11 is 0. The molecule has 0 spiro atoms. The minimum atomic E-state index is 0.356. The van der Waals surface area contributed by atoms with Gasteiger partial charge in [-0.15, -0.1) is 0 Å². The molecule has 1 aromatic carbocycles. The molecule has 0 fully saturated rings. The topological polar surface area (TPSA) is 36.0 Å². The van der Waals surface area contributed by atoms with Gasteiger partial charge in [0.15, 0.2) is 0 Å². The first-order valence-electron chi connectivity index (χ1n) is 3.96. The summed E-state index contributed by atoms with van der Waals surface area (Å²) in [6, 6.07) is 5.75. The van der Waals surface area contributed by atoms with Gasteiger partial charge in [0.05, 0.1) is 0 Å². The second-order valence-electron chi connectivity index (χ2n) is 3.20. The molecule has 0 aliphatic rings. The largest absolute Gasteiger partial charge is 0.507 e. The van der Waals surface area contributed by atoms with Gasteiger partial charge in [-0.3, -0.25) is 0 Å².